The predicted molar refractivity (Wildman–Crippen MR) is 112 cm³/mol. The molecule has 30 heavy (non-hydrogen) atoms. The molecule has 1 aliphatic rings. The zero-order valence-corrected chi connectivity index (χ0v) is 16.8. The van der Waals surface area contributed by atoms with Crippen LogP contribution in [0, 0.1) is 0 Å². The van der Waals surface area contributed by atoms with Gasteiger partial charge in [-0.2, -0.15) is 0 Å². The van der Waals surface area contributed by atoms with Crippen molar-refractivity contribution in [1.82, 2.24) is 24.5 Å². The van der Waals surface area contributed by atoms with Crippen molar-refractivity contribution in [2.75, 3.05) is 19.4 Å². The van der Waals surface area contributed by atoms with Crippen molar-refractivity contribution in [3.63, 3.8) is 0 Å². The third-order valence-electron chi connectivity index (χ3n) is 4.85. The number of carbonyl (C=O) groups is 1. The van der Waals surface area contributed by atoms with Crippen molar-refractivity contribution in [2.24, 2.45) is 0 Å². The summed E-state index contributed by atoms with van der Waals surface area (Å²) < 4.78 is 13.9. The fourth-order valence-corrected chi connectivity index (χ4v) is 4.38. The summed E-state index contributed by atoms with van der Waals surface area (Å²) in [5.74, 6) is 1.55. The van der Waals surface area contributed by atoms with Crippen molar-refractivity contribution >= 4 is 34.5 Å². The van der Waals surface area contributed by atoms with E-state index in [4.69, 9.17) is 9.47 Å². The number of carbonyl (C=O) groups excluding carboxylic acids is 1. The van der Waals surface area contributed by atoms with Gasteiger partial charge in [-0.25, -0.2) is 9.36 Å². The van der Waals surface area contributed by atoms with Crippen molar-refractivity contribution in [2.45, 2.75) is 11.3 Å². The molecule has 1 aliphatic heterocycles. The molecular weight excluding hydrogens is 406 g/mol. The maximum atomic E-state index is 13.3. The molecule has 2 aromatic carbocycles. The second kappa shape index (κ2) is 7.38. The van der Waals surface area contributed by atoms with Gasteiger partial charge in [-0.05, 0) is 24.3 Å². The molecule has 5 rings (SSSR count). The molecule has 10 heteroatoms. The highest BCUT2D eigenvalue weighted by Crippen LogP contribution is 2.25. The Morgan fingerprint density at radius 2 is 2.07 bits per heavy atom. The van der Waals surface area contributed by atoms with Gasteiger partial charge >= 0.3 is 6.09 Å². The van der Waals surface area contributed by atoms with Crippen molar-refractivity contribution in [3.8, 4) is 11.4 Å². The number of aromatic nitrogens is 4. The van der Waals surface area contributed by atoms with E-state index in [1.165, 1.54) is 16.3 Å². The van der Waals surface area contributed by atoms with Gasteiger partial charge in [-0.3, -0.25) is 9.20 Å². The fourth-order valence-electron chi connectivity index (χ4n) is 3.45. The molecule has 0 unspecified atom stereocenters. The Morgan fingerprint density at radius 3 is 2.87 bits per heavy atom. The van der Waals surface area contributed by atoms with Crippen LogP contribution in [0.5, 0.6) is 5.75 Å². The van der Waals surface area contributed by atoms with Gasteiger partial charge in [-0.15, -0.1) is 10.2 Å². The lowest BCUT2D eigenvalue weighted by Gasteiger charge is -2.12. The molecule has 2 aromatic heterocycles. The number of cyclic esters (lactones) is 1. The number of methoxy groups -OCH3 is 1. The number of thioether (sulfide) groups is 1. The Balaban J connectivity index is 1.68. The number of fused-ring (bicyclic) bond motifs is 3. The van der Waals surface area contributed by atoms with Gasteiger partial charge in [-0.1, -0.05) is 30.0 Å². The second-order valence-corrected chi connectivity index (χ2v) is 7.68. The number of ether oxygens (including phenoxy) is 2. The maximum Gasteiger partial charge on any atom is 0.407 e. The van der Waals surface area contributed by atoms with Gasteiger partial charge in [0.2, 0.25) is 5.78 Å². The van der Waals surface area contributed by atoms with E-state index < -0.39 is 6.09 Å². The van der Waals surface area contributed by atoms with Gasteiger partial charge in [0.05, 0.1) is 30.2 Å². The monoisotopic (exact) mass is 423 g/mol. The Bertz CT molecular complexity index is 1330. The Morgan fingerprint density at radius 1 is 1.20 bits per heavy atom. The molecule has 1 N–H and O–H groups in total. The van der Waals surface area contributed by atoms with E-state index in [0.717, 1.165) is 0 Å². The number of hydrogen-bond acceptors (Lipinski definition) is 7. The van der Waals surface area contributed by atoms with Crippen LogP contribution < -0.4 is 15.6 Å². The lowest BCUT2D eigenvalue weighted by molar-refractivity contribution is 0.150. The van der Waals surface area contributed by atoms with E-state index >= 15 is 0 Å². The second-order valence-electron chi connectivity index (χ2n) is 6.70. The van der Waals surface area contributed by atoms with Crippen LogP contribution in [-0.4, -0.2) is 50.8 Å². The number of nitrogens with one attached hydrogen (secondary N) is 1. The fraction of sp³-hybridized carbons (Fsp3) is 0.200. The largest absolute Gasteiger partial charge is 0.497 e. The van der Waals surface area contributed by atoms with Crippen LogP contribution in [0.25, 0.3) is 22.4 Å². The summed E-state index contributed by atoms with van der Waals surface area (Å²) >= 11 is 1.42. The van der Waals surface area contributed by atoms with E-state index in [2.05, 4.69) is 15.5 Å². The first-order valence-electron chi connectivity index (χ1n) is 9.26. The highest BCUT2D eigenvalue weighted by atomic mass is 32.2. The average Bonchev–Trinajstić information content (AvgIpc) is 3.38. The van der Waals surface area contributed by atoms with Crippen LogP contribution in [0.4, 0.5) is 4.79 Å². The summed E-state index contributed by atoms with van der Waals surface area (Å²) in [6.07, 6.45) is -0.658. The van der Waals surface area contributed by atoms with E-state index in [0.29, 0.717) is 45.6 Å². The van der Waals surface area contributed by atoms with Crippen LogP contribution in [0.1, 0.15) is 0 Å². The summed E-state index contributed by atoms with van der Waals surface area (Å²) in [5, 5.41) is 12.4. The molecular formula is C20H17N5O4S. The van der Waals surface area contributed by atoms with Gasteiger partial charge < -0.3 is 14.8 Å². The molecule has 0 aliphatic carbocycles. The standard InChI is InChI=1S/C20H17N5O4S/c1-28-13-6-4-5-12(9-13)24-17(26)15-7-2-3-8-16(15)25-18(24)22-23-19(25)30-11-14-10-21-20(27)29-14/h2-9,14H,10-11H2,1H3,(H,21,27)/t14-/m0/s1. The van der Waals surface area contributed by atoms with Crippen molar-refractivity contribution in [3.05, 3.63) is 58.9 Å². The van der Waals surface area contributed by atoms with E-state index in [1.54, 1.807) is 19.2 Å². The minimum atomic E-state index is -0.413. The quantitative estimate of drug-likeness (QED) is 0.492. The first-order chi connectivity index (χ1) is 14.7. The Kier molecular flexibility index (Phi) is 4.55. The summed E-state index contributed by atoms with van der Waals surface area (Å²) in [4.78, 5) is 24.6. The molecule has 1 saturated heterocycles. The number of benzene rings is 2. The third-order valence-corrected chi connectivity index (χ3v) is 5.91. The summed E-state index contributed by atoms with van der Waals surface area (Å²) in [5.41, 5.74) is 1.16. The lowest BCUT2D eigenvalue weighted by atomic mass is 10.2. The molecule has 1 atom stereocenters. The zero-order valence-electron chi connectivity index (χ0n) is 15.9. The first-order valence-corrected chi connectivity index (χ1v) is 10.2. The number of para-hydroxylation sites is 1. The van der Waals surface area contributed by atoms with Crippen LogP contribution in [0.3, 0.4) is 0 Å². The van der Waals surface area contributed by atoms with Crippen LogP contribution in [0.2, 0.25) is 0 Å². The van der Waals surface area contributed by atoms with Crippen molar-refractivity contribution < 1.29 is 14.3 Å². The number of amides is 1. The highest BCUT2D eigenvalue weighted by molar-refractivity contribution is 7.99. The summed E-state index contributed by atoms with van der Waals surface area (Å²) in [7, 11) is 1.58. The molecule has 152 valence electrons. The Labute approximate surface area is 174 Å². The average molecular weight is 423 g/mol. The van der Waals surface area contributed by atoms with E-state index in [-0.39, 0.29) is 11.7 Å². The predicted octanol–water partition coefficient (Wildman–Crippen LogP) is 2.24. The minimum Gasteiger partial charge on any atom is -0.497 e. The maximum absolute atomic E-state index is 13.3. The molecule has 9 nitrogen and oxygen atoms in total. The normalized spacial score (nSPS) is 16.0. The minimum absolute atomic E-state index is 0.191. The van der Waals surface area contributed by atoms with Gasteiger partial charge in [0.1, 0.15) is 11.9 Å². The van der Waals surface area contributed by atoms with Crippen LogP contribution in [-0.2, 0) is 4.74 Å². The topological polar surface area (TPSA) is 99.8 Å². The molecule has 3 heterocycles. The number of rotatable bonds is 5. The molecule has 1 fully saturated rings. The van der Waals surface area contributed by atoms with Crippen LogP contribution in [0.15, 0.2) is 58.5 Å². The molecule has 0 bridgehead atoms. The number of alkyl carbamates (subject to hydrolysis) is 1. The number of hydrogen-bond donors (Lipinski definition) is 1. The molecule has 0 radical (unpaired) electrons. The molecule has 4 aromatic rings. The van der Waals surface area contributed by atoms with Crippen LogP contribution >= 0.6 is 11.8 Å². The molecule has 1 amide bonds. The van der Waals surface area contributed by atoms with Gasteiger partial charge in [0, 0.05) is 11.8 Å². The molecule has 0 spiro atoms. The summed E-state index contributed by atoms with van der Waals surface area (Å²) in [6.45, 7) is 0.456. The smallest absolute Gasteiger partial charge is 0.407 e. The van der Waals surface area contributed by atoms with Crippen molar-refractivity contribution in [1.29, 1.82) is 0 Å². The van der Waals surface area contributed by atoms with Gasteiger partial charge in [0.25, 0.3) is 5.56 Å². The SMILES string of the molecule is COc1cccc(-n2c(=O)c3ccccc3n3c(SC[C@@H]4CNC(=O)O4)nnc23)c1. The lowest BCUT2D eigenvalue weighted by Crippen LogP contribution is -2.22. The summed E-state index contributed by atoms with van der Waals surface area (Å²) in [6, 6.07) is 14.6. The Hall–Kier alpha value is -3.53. The first kappa shape index (κ1) is 18.5. The highest BCUT2D eigenvalue weighted by Gasteiger charge is 2.24. The third kappa shape index (κ3) is 3.05. The number of nitrogens with zero attached hydrogens (tertiary/aromatic N) is 4. The molecule has 0 saturated carbocycles. The van der Waals surface area contributed by atoms with Gasteiger partial charge in [0.15, 0.2) is 5.16 Å². The van der Waals surface area contributed by atoms with E-state index in [9.17, 15) is 9.59 Å². The van der Waals surface area contributed by atoms with E-state index in [1.807, 2.05) is 40.8 Å². The zero-order chi connectivity index (χ0) is 20.7.